The molecule has 2 nitrogen and oxygen atoms in total. The molecule has 4 heteroatoms. The molecule has 0 unspecified atom stereocenters. The van der Waals surface area contributed by atoms with Crippen LogP contribution in [0, 0.1) is 0 Å². The van der Waals surface area contributed by atoms with Gasteiger partial charge in [-0.1, -0.05) is 12.2 Å². The monoisotopic (exact) mass is 152 g/mol. The quantitative estimate of drug-likeness (QED) is 0.321. The predicted molar refractivity (Wildman–Crippen MR) is 42.8 cm³/mol. The van der Waals surface area contributed by atoms with E-state index in [0.29, 0.717) is 10.8 Å². The minimum atomic E-state index is 0. The standard InChI is InChI=1S/C4H8N2S.ClH/c1-3(5)6-4(2)7;/h1-2H3,(H2,5,6,7);1H. The Bertz CT molecular complexity index is 107. The largest absolute Gasteiger partial charge is 0.387 e. The Balaban J connectivity index is 0. The number of nitrogens with zero attached hydrogens (tertiary/aromatic N) is 1. The summed E-state index contributed by atoms with van der Waals surface area (Å²) in [6.45, 7) is 3.43. The summed E-state index contributed by atoms with van der Waals surface area (Å²) in [4.78, 5) is 4.29. The van der Waals surface area contributed by atoms with Crippen LogP contribution in [0.5, 0.6) is 0 Å². The highest BCUT2D eigenvalue weighted by molar-refractivity contribution is 7.80. The number of hydrogen-bond acceptors (Lipinski definition) is 1. The molecule has 0 spiro atoms. The zero-order chi connectivity index (χ0) is 5.86. The second kappa shape index (κ2) is 5.00. The van der Waals surface area contributed by atoms with E-state index in [4.69, 9.17) is 5.73 Å². The molecule has 0 radical (unpaired) electrons. The van der Waals surface area contributed by atoms with Crippen molar-refractivity contribution < 1.29 is 0 Å². The SMILES string of the molecule is CC(=S)N=C(C)N.Cl. The van der Waals surface area contributed by atoms with Crippen molar-refractivity contribution in [3.63, 3.8) is 0 Å². The fourth-order valence-corrected chi connectivity index (χ4v) is 0.392. The molecule has 0 saturated heterocycles. The smallest absolute Gasteiger partial charge is 0.102 e. The van der Waals surface area contributed by atoms with Crippen LogP contribution in [0.3, 0.4) is 0 Å². The summed E-state index contributed by atoms with van der Waals surface area (Å²) in [7, 11) is 0. The molecule has 2 N–H and O–H groups in total. The first-order valence-corrected chi connectivity index (χ1v) is 2.35. The molecule has 0 atom stereocenters. The van der Waals surface area contributed by atoms with Gasteiger partial charge >= 0.3 is 0 Å². The van der Waals surface area contributed by atoms with E-state index in [1.807, 2.05) is 0 Å². The Hall–Kier alpha value is -0.150. The van der Waals surface area contributed by atoms with E-state index in [1.54, 1.807) is 13.8 Å². The van der Waals surface area contributed by atoms with Gasteiger partial charge in [-0.2, -0.15) is 0 Å². The molecule has 0 aromatic rings. The van der Waals surface area contributed by atoms with E-state index in [0.717, 1.165) is 0 Å². The van der Waals surface area contributed by atoms with Gasteiger partial charge in [0.05, 0.1) is 5.84 Å². The van der Waals surface area contributed by atoms with Crippen LogP contribution in [0.25, 0.3) is 0 Å². The molecule has 0 aromatic heterocycles. The maximum Gasteiger partial charge on any atom is 0.102 e. The average molecular weight is 153 g/mol. The molecule has 0 aliphatic heterocycles. The minimum Gasteiger partial charge on any atom is -0.387 e. The van der Waals surface area contributed by atoms with Crippen molar-refractivity contribution in [3.05, 3.63) is 0 Å². The van der Waals surface area contributed by atoms with E-state index >= 15 is 0 Å². The molecule has 0 bridgehead atoms. The van der Waals surface area contributed by atoms with Crippen molar-refractivity contribution in [2.24, 2.45) is 10.7 Å². The van der Waals surface area contributed by atoms with Gasteiger partial charge in [-0.15, -0.1) is 12.4 Å². The third-order valence-corrected chi connectivity index (χ3v) is 0.425. The van der Waals surface area contributed by atoms with Crippen LogP contribution in [0.15, 0.2) is 4.99 Å². The number of nitrogens with two attached hydrogens (primary N) is 1. The number of amidine groups is 1. The van der Waals surface area contributed by atoms with Gasteiger partial charge in [-0.3, -0.25) is 0 Å². The summed E-state index contributed by atoms with van der Waals surface area (Å²) in [6.07, 6.45) is 0. The van der Waals surface area contributed by atoms with Crippen molar-refractivity contribution in [2.75, 3.05) is 0 Å². The van der Waals surface area contributed by atoms with Crippen LogP contribution < -0.4 is 5.73 Å². The lowest BCUT2D eigenvalue weighted by Gasteiger charge is -1.84. The number of thiocarbonyl (C=S) groups is 1. The summed E-state index contributed by atoms with van der Waals surface area (Å²) < 4.78 is 0. The molecule has 0 rings (SSSR count). The first kappa shape index (κ1) is 10.8. The third kappa shape index (κ3) is 9.28. The Morgan fingerprint density at radius 2 is 1.88 bits per heavy atom. The molecule has 0 heterocycles. The Morgan fingerprint density at radius 1 is 1.50 bits per heavy atom. The lowest BCUT2D eigenvalue weighted by molar-refractivity contribution is 1.54. The third-order valence-electron chi connectivity index (χ3n) is 0.334. The maximum absolute atomic E-state index is 5.16. The van der Waals surface area contributed by atoms with Gasteiger partial charge in [-0.25, -0.2) is 4.99 Å². The zero-order valence-corrected chi connectivity index (χ0v) is 6.47. The second-order valence-corrected chi connectivity index (χ2v) is 1.86. The lowest BCUT2D eigenvalue weighted by atomic mass is 10.7. The summed E-state index contributed by atoms with van der Waals surface area (Å²) >= 11 is 4.60. The normalized spacial score (nSPS) is 10.0. The van der Waals surface area contributed by atoms with Crippen LogP contribution in [0.1, 0.15) is 13.8 Å². The topological polar surface area (TPSA) is 38.4 Å². The lowest BCUT2D eigenvalue weighted by Crippen LogP contribution is -2.06. The van der Waals surface area contributed by atoms with Gasteiger partial charge in [0.25, 0.3) is 0 Å². The first-order valence-electron chi connectivity index (χ1n) is 1.94. The van der Waals surface area contributed by atoms with Gasteiger partial charge in [0, 0.05) is 0 Å². The second-order valence-electron chi connectivity index (χ2n) is 1.27. The highest BCUT2D eigenvalue weighted by Gasteiger charge is 1.77. The Kier molecular flexibility index (Phi) is 6.72. The molecule has 8 heavy (non-hydrogen) atoms. The van der Waals surface area contributed by atoms with Crippen molar-refractivity contribution in [1.29, 1.82) is 0 Å². The first-order chi connectivity index (χ1) is 3.13. The highest BCUT2D eigenvalue weighted by Crippen LogP contribution is 1.74. The summed E-state index contributed by atoms with van der Waals surface area (Å²) in [5.41, 5.74) is 5.16. The van der Waals surface area contributed by atoms with E-state index in [9.17, 15) is 0 Å². The van der Waals surface area contributed by atoms with Crippen LogP contribution in [-0.4, -0.2) is 10.8 Å². The number of hydrogen-bond donors (Lipinski definition) is 1. The maximum atomic E-state index is 5.16. The van der Waals surface area contributed by atoms with Gasteiger partial charge in [0.2, 0.25) is 0 Å². The van der Waals surface area contributed by atoms with Gasteiger partial charge < -0.3 is 5.73 Å². The molecule has 0 aliphatic rings. The highest BCUT2D eigenvalue weighted by atomic mass is 35.5. The van der Waals surface area contributed by atoms with Crippen molar-refractivity contribution in [3.8, 4) is 0 Å². The molecule has 0 amide bonds. The molecule has 0 fully saturated rings. The van der Waals surface area contributed by atoms with Gasteiger partial charge in [0.1, 0.15) is 4.99 Å². The van der Waals surface area contributed by atoms with E-state index in [1.165, 1.54) is 0 Å². The predicted octanol–water partition coefficient (Wildman–Crippen LogP) is 1.13. The Morgan fingerprint density at radius 3 is 1.88 bits per heavy atom. The number of aliphatic imine (C=N–C) groups is 1. The summed E-state index contributed by atoms with van der Waals surface area (Å²) in [5.74, 6) is 0.521. The van der Waals surface area contributed by atoms with Crippen molar-refractivity contribution in [1.82, 2.24) is 0 Å². The van der Waals surface area contributed by atoms with Crippen molar-refractivity contribution >= 4 is 35.4 Å². The van der Waals surface area contributed by atoms with E-state index in [2.05, 4.69) is 17.2 Å². The fourth-order valence-electron chi connectivity index (χ4n) is 0.248. The fraction of sp³-hybridized carbons (Fsp3) is 0.500. The average Bonchev–Trinajstić information content (AvgIpc) is 1.27. The molecule has 48 valence electrons. The minimum absolute atomic E-state index is 0. The van der Waals surface area contributed by atoms with Gasteiger partial charge in [0.15, 0.2) is 0 Å². The van der Waals surface area contributed by atoms with Crippen LogP contribution in [0.2, 0.25) is 0 Å². The van der Waals surface area contributed by atoms with Crippen molar-refractivity contribution in [2.45, 2.75) is 13.8 Å². The molecular formula is C4H9ClN2S. The van der Waals surface area contributed by atoms with Crippen LogP contribution >= 0.6 is 24.6 Å². The van der Waals surface area contributed by atoms with E-state index in [-0.39, 0.29) is 12.4 Å². The Labute approximate surface area is 60.6 Å². The van der Waals surface area contributed by atoms with E-state index < -0.39 is 0 Å². The molecule has 0 aromatic carbocycles. The summed E-state index contributed by atoms with van der Waals surface area (Å²) in [6, 6.07) is 0. The van der Waals surface area contributed by atoms with Gasteiger partial charge in [-0.05, 0) is 13.8 Å². The molecular weight excluding hydrogens is 144 g/mol. The number of halogens is 1. The van der Waals surface area contributed by atoms with Crippen LogP contribution in [-0.2, 0) is 0 Å². The number of rotatable bonds is 0. The molecule has 0 saturated carbocycles. The molecule has 0 aliphatic carbocycles. The summed E-state index contributed by atoms with van der Waals surface area (Å²) in [5, 5.41) is 0. The zero-order valence-electron chi connectivity index (χ0n) is 4.84. The van der Waals surface area contributed by atoms with Crippen LogP contribution in [0.4, 0.5) is 0 Å².